The summed E-state index contributed by atoms with van der Waals surface area (Å²) in [6.45, 7) is 6.48. The Morgan fingerprint density at radius 3 is 2.84 bits per heavy atom. The van der Waals surface area contributed by atoms with Crippen molar-refractivity contribution in [3.05, 3.63) is 23.5 Å². The minimum absolute atomic E-state index is 0.284. The van der Waals surface area contributed by atoms with Gasteiger partial charge < -0.3 is 4.74 Å². The van der Waals surface area contributed by atoms with Crippen LogP contribution in [0.2, 0.25) is 0 Å². The molecule has 2 aromatic rings. The van der Waals surface area contributed by atoms with Crippen LogP contribution in [0.25, 0.3) is 10.6 Å². The Bertz CT molecular complexity index is 586. The highest BCUT2D eigenvalue weighted by Gasteiger charge is 2.33. The topological polar surface area (TPSA) is 57.0 Å². The van der Waals surface area contributed by atoms with Gasteiger partial charge in [-0.1, -0.05) is 0 Å². The summed E-state index contributed by atoms with van der Waals surface area (Å²) < 4.78 is 6.66. The number of carbonyl (C=O) groups excluding carboxylic acids is 1. The molecule has 0 aliphatic carbocycles. The van der Waals surface area contributed by atoms with Crippen molar-refractivity contribution in [1.29, 1.82) is 0 Å². The maximum absolute atomic E-state index is 11.8. The molecule has 0 atom stereocenters. The third-order valence-electron chi connectivity index (χ3n) is 3.04. The van der Waals surface area contributed by atoms with Gasteiger partial charge in [0.05, 0.1) is 19.0 Å². The van der Waals surface area contributed by atoms with E-state index >= 15 is 0 Å². The molecule has 0 bridgehead atoms. The summed E-state index contributed by atoms with van der Waals surface area (Å²) in [7, 11) is 1.39. The third kappa shape index (κ3) is 2.53. The SMILES string of the molecule is CCn1cc(-c2nc(C(C)(C)C(=O)OC)cs2)cn1. The number of methoxy groups -OCH3 is 1. The average molecular weight is 279 g/mol. The first-order chi connectivity index (χ1) is 8.98. The third-order valence-corrected chi connectivity index (χ3v) is 3.94. The molecule has 0 saturated heterocycles. The van der Waals surface area contributed by atoms with Gasteiger partial charge in [-0.15, -0.1) is 11.3 Å². The molecule has 0 saturated carbocycles. The molecule has 102 valence electrons. The van der Waals surface area contributed by atoms with Crippen LogP contribution in [0.5, 0.6) is 0 Å². The maximum Gasteiger partial charge on any atom is 0.317 e. The van der Waals surface area contributed by atoms with E-state index in [1.54, 1.807) is 6.20 Å². The van der Waals surface area contributed by atoms with Crippen molar-refractivity contribution in [2.45, 2.75) is 32.7 Å². The van der Waals surface area contributed by atoms with Gasteiger partial charge in [0, 0.05) is 23.7 Å². The molecule has 0 spiro atoms. The number of aromatic nitrogens is 3. The molecule has 0 fully saturated rings. The first kappa shape index (κ1) is 13.7. The lowest BCUT2D eigenvalue weighted by atomic mass is 9.90. The number of aryl methyl sites for hydroxylation is 1. The normalized spacial score (nSPS) is 11.6. The number of hydrogen-bond acceptors (Lipinski definition) is 5. The molecular weight excluding hydrogens is 262 g/mol. The predicted octanol–water partition coefficient (Wildman–Crippen LogP) is 2.48. The monoisotopic (exact) mass is 279 g/mol. The fraction of sp³-hybridized carbons (Fsp3) is 0.462. The van der Waals surface area contributed by atoms with Crippen LogP contribution < -0.4 is 0 Å². The number of hydrogen-bond donors (Lipinski definition) is 0. The van der Waals surface area contributed by atoms with Crippen LogP contribution in [-0.2, 0) is 21.5 Å². The summed E-state index contributed by atoms with van der Waals surface area (Å²) in [5.41, 5.74) is 0.965. The van der Waals surface area contributed by atoms with E-state index in [1.807, 2.05) is 37.0 Å². The molecule has 0 amide bonds. The van der Waals surface area contributed by atoms with Crippen LogP contribution in [0.3, 0.4) is 0 Å². The number of thiazole rings is 1. The van der Waals surface area contributed by atoms with Crippen molar-refractivity contribution < 1.29 is 9.53 Å². The summed E-state index contributed by atoms with van der Waals surface area (Å²) in [6, 6.07) is 0. The van der Waals surface area contributed by atoms with Gasteiger partial charge in [0.15, 0.2) is 0 Å². The number of rotatable bonds is 4. The molecule has 0 N–H and O–H groups in total. The summed E-state index contributed by atoms with van der Waals surface area (Å²) >= 11 is 1.51. The Kier molecular flexibility index (Phi) is 3.71. The molecule has 0 aromatic carbocycles. The largest absolute Gasteiger partial charge is 0.468 e. The molecule has 0 aliphatic heterocycles. The average Bonchev–Trinajstić information content (AvgIpc) is 3.05. The van der Waals surface area contributed by atoms with Crippen LogP contribution in [-0.4, -0.2) is 27.8 Å². The highest BCUT2D eigenvalue weighted by molar-refractivity contribution is 7.13. The molecule has 0 aliphatic rings. The Morgan fingerprint density at radius 2 is 2.26 bits per heavy atom. The van der Waals surface area contributed by atoms with Crippen LogP contribution >= 0.6 is 11.3 Å². The zero-order valence-electron chi connectivity index (χ0n) is 11.5. The summed E-state index contributed by atoms with van der Waals surface area (Å²) in [5, 5.41) is 6.99. The van der Waals surface area contributed by atoms with Crippen molar-refractivity contribution in [3.8, 4) is 10.6 Å². The predicted molar refractivity (Wildman–Crippen MR) is 74.1 cm³/mol. The van der Waals surface area contributed by atoms with E-state index in [0.717, 1.165) is 22.8 Å². The van der Waals surface area contributed by atoms with E-state index in [1.165, 1.54) is 18.4 Å². The number of carbonyl (C=O) groups is 1. The van der Waals surface area contributed by atoms with Gasteiger partial charge in [0.25, 0.3) is 0 Å². The summed E-state index contributed by atoms with van der Waals surface area (Å²) in [4.78, 5) is 16.3. The van der Waals surface area contributed by atoms with Gasteiger partial charge in [-0.05, 0) is 20.8 Å². The molecule has 2 rings (SSSR count). The molecular formula is C13H17N3O2S. The van der Waals surface area contributed by atoms with E-state index in [0.29, 0.717) is 0 Å². The van der Waals surface area contributed by atoms with Gasteiger partial charge in [-0.2, -0.15) is 5.10 Å². The zero-order chi connectivity index (χ0) is 14.0. The van der Waals surface area contributed by atoms with Crippen LogP contribution in [0, 0.1) is 0 Å². The van der Waals surface area contributed by atoms with Gasteiger partial charge >= 0.3 is 5.97 Å². The van der Waals surface area contributed by atoms with E-state index < -0.39 is 5.41 Å². The molecule has 5 nitrogen and oxygen atoms in total. The van der Waals surface area contributed by atoms with Crippen molar-refractivity contribution in [2.75, 3.05) is 7.11 Å². The molecule has 2 heterocycles. The van der Waals surface area contributed by atoms with Gasteiger partial charge in [0.2, 0.25) is 0 Å². The lowest BCUT2D eigenvalue weighted by molar-refractivity contribution is -0.146. The fourth-order valence-corrected chi connectivity index (χ4v) is 2.66. The Labute approximate surface area is 116 Å². The second-order valence-electron chi connectivity index (χ2n) is 4.74. The first-order valence-electron chi connectivity index (χ1n) is 6.06. The first-order valence-corrected chi connectivity index (χ1v) is 6.94. The van der Waals surface area contributed by atoms with Crippen LogP contribution in [0.1, 0.15) is 26.5 Å². The number of nitrogens with zero attached hydrogens (tertiary/aromatic N) is 3. The second-order valence-corrected chi connectivity index (χ2v) is 5.60. The Morgan fingerprint density at radius 1 is 1.53 bits per heavy atom. The van der Waals surface area contributed by atoms with E-state index in [4.69, 9.17) is 4.74 Å². The highest BCUT2D eigenvalue weighted by Crippen LogP contribution is 2.30. The van der Waals surface area contributed by atoms with Crippen molar-refractivity contribution >= 4 is 17.3 Å². The number of ether oxygens (including phenoxy) is 1. The maximum atomic E-state index is 11.8. The minimum Gasteiger partial charge on any atom is -0.468 e. The van der Waals surface area contributed by atoms with Crippen molar-refractivity contribution in [1.82, 2.24) is 14.8 Å². The van der Waals surface area contributed by atoms with E-state index in [9.17, 15) is 4.79 Å². The lowest BCUT2D eigenvalue weighted by Crippen LogP contribution is -2.30. The summed E-state index contributed by atoms with van der Waals surface area (Å²) in [6.07, 6.45) is 3.74. The smallest absolute Gasteiger partial charge is 0.317 e. The second kappa shape index (κ2) is 5.13. The molecule has 0 unspecified atom stereocenters. The molecule has 2 aromatic heterocycles. The Hall–Kier alpha value is -1.69. The Balaban J connectivity index is 2.31. The number of esters is 1. The van der Waals surface area contributed by atoms with Crippen LogP contribution in [0.4, 0.5) is 0 Å². The van der Waals surface area contributed by atoms with Gasteiger partial charge in [-0.25, -0.2) is 4.98 Å². The zero-order valence-corrected chi connectivity index (χ0v) is 12.3. The molecule has 0 radical (unpaired) electrons. The lowest BCUT2D eigenvalue weighted by Gasteiger charge is -2.18. The minimum atomic E-state index is -0.732. The highest BCUT2D eigenvalue weighted by atomic mass is 32.1. The standard InChI is InChI=1S/C13H17N3O2S/c1-5-16-7-9(6-14-16)11-15-10(8-19-11)13(2,3)12(17)18-4/h6-8H,5H2,1-4H3. The van der Waals surface area contributed by atoms with E-state index in [2.05, 4.69) is 10.1 Å². The molecule has 19 heavy (non-hydrogen) atoms. The van der Waals surface area contributed by atoms with Crippen LogP contribution in [0.15, 0.2) is 17.8 Å². The summed E-state index contributed by atoms with van der Waals surface area (Å²) in [5.74, 6) is -0.284. The van der Waals surface area contributed by atoms with Gasteiger partial charge in [0.1, 0.15) is 10.4 Å². The van der Waals surface area contributed by atoms with Crippen molar-refractivity contribution in [2.24, 2.45) is 0 Å². The van der Waals surface area contributed by atoms with Crippen molar-refractivity contribution in [3.63, 3.8) is 0 Å². The van der Waals surface area contributed by atoms with Gasteiger partial charge in [-0.3, -0.25) is 9.48 Å². The molecule has 6 heteroatoms. The quantitative estimate of drug-likeness (QED) is 0.807. The van der Waals surface area contributed by atoms with E-state index in [-0.39, 0.29) is 5.97 Å². The fourth-order valence-electron chi connectivity index (χ4n) is 1.70.